The van der Waals surface area contributed by atoms with Crippen molar-refractivity contribution in [2.45, 2.75) is 19.8 Å². The Kier molecular flexibility index (Phi) is 2.65. The molecule has 1 rings (SSSR count). The molecule has 1 aromatic carbocycles. The van der Waals surface area contributed by atoms with Crippen LogP contribution < -0.4 is 0 Å². The van der Waals surface area contributed by atoms with Crippen molar-refractivity contribution in [3.63, 3.8) is 0 Å². The van der Waals surface area contributed by atoms with Crippen LogP contribution in [0.4, 0.5) is 0 Å². The molecule has 1 aromatic rings. The minimum atomic E-state index is -1.04. The van der Waals surface area contributed by atoms with E-state index in [2.05, 4.69) is 0 Å². The van der Waals surface area contributed by atoms with Gasteiger partial charge in [-0.2, -0.15) is 0 Å². The van der Waals surface area contributed by atoms with E-state index in [1.165, 1.54) is 19.1 Å². The molecule has 0 fully saturated rings. The first kappa shape index (κ1) is 10.4. The van der Waals surface area contributed by atoms with Crippen LogP contribution in [0.5, 0.6) is 11.5 Å². The van der Waals surface area contributed by atoms with E-state index in [4.69, 9.17) is 5.11 Å². The summed E-state index contributed by atoms with van der Waals surface area (Å²) in [5, 5.41) is 27.5. The molecule has 1 atom stereocenters. The predicted octanol–water partition coefficient (Wildman–Crippen LogP) is 1.59. The second-order valence-electron chi connectivity index (χ2n) is 3.26. The quantitative estimate of drug-likeness (QED) is 0.628. The third-order valence-electron chi connectivity index (χ3n) is 2.18. The minimum Gasteiger partial charge on any atom is -0.508 e. The molecule has 4 nitrogen and oxygen atoms in total. The lowest BCUT2D eigenvalue weighted by atomic mass is 9.98. The van der Waals surface area contributed by atoms with Crippen LogP contribution in [0.2, 0.25) is 0 Å². The maximum absolute atomic E-state index is 10.7. The zero-order valence-corrected chi connectivity index (χ0v) is 7.98. The standard InChI is InChI=1S/C10H12O4/c1-5-3-9(12)7(4-8(5)11)6(2)10(13)14/h3-4,6,11-12H,1-2H3,(H,13,14). The van der Waals surface area contributed by atoms with Gasteiger partial charge in [-0.3, -0.25) is 4.79 Å². The maximum atomic E-state index is 10.7. The summed E-state index contributed by atoms with van der Waals surface area (Å²) >= 11 is 0. The van der Waals surface area contributed by atoms with Gasteiger partial charge in [0.2, 0.25) is 0 Å². The van der Waals surface area contributed by atoms with Gasteiger partial charge in [0.1, 0.15) is 11.5 Å². The number of phenolic OH excluding ortho intramolecular Hbond substituents is 2. The normalized spacial score (nSPS) is 12.4. The number of aliphatic carboxylic acids is 1. The molecule has 1 unspecified atom stereocenters. The number of aryl methyl sites for hydroxylation is 1. The molecule has 0 aliphatic heterocycles. The minimum absolute atomic E-state index is 0.00843. The van der Waals surface area contributed by atoms with Crippen molar-refractivity contribution < 1.29 is 20.1 Å². The van der Waals surface area contributed by atoms with Crippen LogP contribution in [0.15, 0.2) is 12.1 Å². The molecule has 0 heterocycles. The number of carboxylic acid groups (broad SMARTS) is 1. The molecule has 76 valence electrons. The average molecular weight is 196 g/mol. The Labute approximate surface area is 81.4 Å². The van der Waals surface area contributed by atoms with Crippen molar-refractivity contribution in [2.24, 2.45) is 0 Å². The second kappa shape index (κ2) is 3.57. The summed E-state index contributed by atoms with van der Waals surface area (Å²) in [5.41, 5.74) is 0.740. The number of phenols is 2. The van der Waals surface area contributed by atoms with Crippen molar-refractivity contribution in [2.75, 3.05) is 0 Å². The molecule has 14 heavy (non-hydrogen) atoms. The Hall–Kier alpha value is -1.71. The molecule has 0 aliphatic rings. The fourth-order valence-corrected chi connectivity index (χ4v) is 1.18. The van der Waals surface area contributed by atoms with Gasteiger partial charge < -0.3 is 15.3 Å². The fraction of sp³-hybridized carbons (Fsp3) is 0.300. The van der Waals surface area contributed by atoms with E-state index in [1.54, 1.807) is 6.92 Å². The van der Waals surface area contributed by atoms with Gasteiger partial charge >= 0.3 is 5.97 Å². The molecule has 0 saturated carbocycles. The average Bonchev–Trinajstić information content (AvgIpc) is 2.10. The monoisotopic (exact) mass is 196 g/mol. The molecule has 0 bridgehead atoms. The molecule has 0 amide bonds. The molecule has 4 heteroatoms. The van der Waals surface area contributed by atoms with Crippen molar-refractivity contribution in [1.82, 2.24) is 0 Å². The van der Waals surface area contributed by atoms with Crippen molar-refractivity contribution in [3.05, 3.63) is 23.3 Å². The van der Waals surface area contributed by atoms with Crippen LogP contribution in [0.1, 0.15) is 24.0 Å². The van der Waals surface area contributed by atoms with Gasteiger partial charge in [0, 0.05) is 5.56 Å². The lowest BCUT2D eigenvalue weighted by Crippen LogP contribution is -2.07. The van der Waals surface area contributed by atoms with Crippen molar-refractivity contribution >= 4 is 5.97 Å². The fourth-order valence-electron chi connectivity index (χ4n) is 1.18. The third kappa shape index (κ3) is 1.79. The Morgan fingerprint density at radius 2 is 1.86 bits per heavy atom. The van der Waals surface area contributed by atoms with E-state index >= 15 is 0 Å². The molecule has 0 aliphatic carbocycles. The van der Waals surface area contributed by atoms with E-state index in [1.807, 2.05) is 0 Å². The first-order valence-corrected chi connectivity index (χ1v) is 4.18. The molecule has 0 radical (unpaired) electrons. The zero-order chi connectivity index (χ0) is 10.9. The van der Waals surface area contributed by atoms with Gasteiger partial charge in [-0.25, -0.2) is 0 Å². The maximum Gasteiger partial charge on any atom is 0.310 e. The van der Waals surface area contributed by atoms with Gasteiger partial charge in [-0.15, -0.1) is 0 Å². The Bertz CT molecular complexity index is 371. The summed E-state index contributed by atoms with van der Waals surface area (Å²) in [4.78, 5) is 10.7. The van der Waals surface area contributed by atoms with E-state index in [-0.39, 0.29) is 17.1 Å². The van der Waals surface area contributed by atoms with E-state index in [0.717, 1.165) is 0 Å². The SMILES string of the molecule is Cc1cc(O)c(C(C)C(=O)O)cc1O. The van der Waals surface area contributed by atoms with Gasteiger partial charge in [-0.05, 0) is 31.5 Å². The Balaban J connectivity index is 3.22. The third-order valence-corrected chi connectivity index (χ3v) is 2.18. The summed E-state index contributed by atoms with van der Waals surface area (Å²) in [7, 11) is 0. The van der Waals surface area contributed by atoms with Crippen LogP contribution in [0, 0.1) is 6.92 Å². The highest BCUT2D eigenvalue weighted by molar-refractivity contribution is 5.77. The summed E-state index contributed by atoms with van der Waals surface area (Å²) in [6.45, 7) is 3.08. The van der Waals surface area contributed by atoms with E-state index in [0.29, 0.717) is 5.56 Å². The van der Waals surface area contributed by atoms with Gasteiger partial charge in [0.25, 0.3) is 0 Å². The number of aromatic hydroxyl groups is 2. The van der Waals surface area contributed by atoms with Crippen LogP contribution in [-0.2, 0) is 4.79 Å². The lowest BCUT2D eigenvalue weighted by molar-refractivity contribution is -0.138. The van der Waals surface area contributed by atoms with Crippen molar-refractivity contribution in [1.29, 1.82) is 0 Å². The number of carbonyl (C=O) groups is 1. The molecule has 0 saturated heterocycles. The van der Waals surface area contributed by atoms with E-state index < -0.39 is 11.9 Å². The molecule has 0 aromatic heterocycles. The zero-order valence-electron chi connectivity index (χ0n) is 7.98. The summed E-state index contributed by atoms with van der Waals surface area (Å²) in [6, 6.07) is 2.63. The number of hydrogen-bond acceptors (Lipinski definition) is 3. The predicted molar refractivity (Wildman–Crippen MR) is 50.6 cm³/mol. The highest BCUT2D eigenvalue weighted by atomic mass is 16.4. The number of hydrogen-bond donors (Lipinski definition) is 3. The topological polar surface area (TPSA) is 77.8 Å². The highest BCUT2D eigenvalue weighted by Gasteiger charge is 2.18. The largest absolute Gasteiger partial charge is 0.508 e. The summed E-state index contributed by atoms with van der Waals surface area (Å²) in [6.07, 6.45) is 0. The second-order valence-corrected chi connectivity index (χ2v) is 3.26. The van der Waals surface area contributed by atoms with Crippen LogP contribution in [0.25, 0.3) is 0 Å². The summed E-state index contributed by atoms with van der Waals surface area (Å²) < 4.78 is 0. The lowest BCUT2D eigenvalue weighted by Gasteiger charge is -2.10. The molecule has 0 spiro atoms. The molecule has 3 N–H and O–H groups in total. The number of carboxylic acids is 1. The van der Waals surface area contributed by atoms with Crippen LogP contribution in [0.3, 0.4) is 0 Å². The summed E-state index contributed by atoms with van der Waals surface area (Å²) in [5.74, 6) is -1.98. The first-order valence-electron chi connectivity index (χ1n) is 4.18. The van der Waals surface area contributed by atoms with Crippen molar-refractivity contribution in [3.8, 4) is 11.5 Å². The van der Waals surface area contributed by atoms with Gasteiger partial charge in [0.15, 0.2) is 0 Å². The van der Waals surface area contributed by atoms with E-state index in [9.17, 15) is 15.0 Å². The highest BCUT2D eigenvalue weighted by Crippen LogP contribution is 2.31. The van der Waals surface area contributed by atoms with Crippen LogP contribution >= 0.6 is 0 Å². The molecular weight excluding hydrogens is 184 g/mol. The van der Waals surface area contributed by atoms with Gasteiger partial charge in [0.05, 0.1) is 5.92 Å². The number of rotatable bonds is 2. The first-order chi connectivity index (χ1) is 6.43. The molecular formula is C10H12O4. The Morgan fingerprint density at radius 1 is 1.29 bits per heavy atom. The smallest absolute Gasteiger partial charge is 0.310 e. The number of benzene rings is 1. The van der Waals surface area contributed by atoms with Crippen LogP contribution in [-0.4, -0.2) is 21.3 Å². The van der Waals surface area contributed by atoms with Gasteiger partial charge in [-0.1, -0.05) is 0 Å². The Morgan fingerprint density at radius 3 is 2.36 bits per heavy atom.